The second-order valence-electron chi connectivity index (χ2n) is 7.29. The molecule has 2 heterocycles. The number of amides is 1. The number of carbonyl (C=O) groups excluding carboxylic acids is 1. The van der Waals surface area contributed by atoms with Crippen LogP contribution in [0.1, 0.15) is 38.6 Å². The Balaban J connectivity index is 1.78. The highest BCUT2D eigenvalue weighted by Gasteiger charge is 2.27. The van der Waals surface area contributed by atoms with Crippen molar-refractivity contribution in [1.29, 1.82) is 0 Å². The Morgan fingerprint density at radius 3 is 2.84 bits per heavy atom. The fourth-order valence-corrected chi connectivity index (χ4v) is 2.84. The van der Waals surface area contributed by atoms with Gasteiger partial charge in [0.05, 0.1) is 12.2 Å². The van der Waals surface area contributed by atoms with Crippen LogP contribution in [-0.4, -0.2) is 33.0 Å². The van der Waals surface area contributed by atoms with Crippen LogP contribution in [0.25, 0.3) is 0 Å². The zero-order chi connectivity index (χ0) is 18.0. The van der Waals surface area contributed by atoms with Crippen LogP contribution in [-0.2, 0) is 24.8 Å². The van der Waals surface area contributed by atoms with Crippen molar-refractivity contribution in [1.82, 2.24) is 14.8 Å². The van der Waals surface area contributed by atoms with Crippen LogP contribution in [0.3, 0.4) is 0 Å². The zero-order valence-corrected chi connectivity index (χ0v) is 15.2. The third kappa shape index (κ3) is 4.10. The van der Waals surface area contributed by atoms with E-state index >= 15 is 0 Å². The number of carbonyl (C=O) groups is 1. The summed E-state index contributed by atoms with van der Waals surface area (Å²) < 4.78 is 7.43. The lowest BCUT2D eigenvalue weighted by atomic mass is 10.0. The number of hydrogen-bond donors (Lipinski definition) is 1. The summed E-state index contributed by atoms with van der Waals surface area (Å²) >= 11 is 0. The maximum Gasteiger partial charge on any atom is 0.414 e. The Labute approximate surface area is 148 Å². The minimum absolute atomic E-state index is 0.293. The first-order chi connectivity index (χ1) is 11.8. The van der Waals surface area contributed by atoms with E-state index in [1.165, 1.54) is 5.56 Å². The van der Waals surface area contributed by atoms with Crippen LogP contribution in [0.4, 0.5) is 16.2 Å². The van der Waals surface area contributed by atoms with E-state index in [2.05, 4.69) is 21.6 Å². The van der Waals surface area contributed by atoms with Gasteiger partial charge in [-0.25, -0.2) is 4.79 Å². The molecule has 0 saturated heterocycles. The summed E-state index contributed by atoms with van der Waals surface area (Å²) in [5.74, 6) is 0.849. The van der Waals surface area contributed by atoms with E-state index in [0.29, 0.717) is 13.1 Å². The molecule has 2 aromatic rings. The van der Waals surface area contributed by atoms with Crippen LogP contribution >= 0.6 is 0 Å². The van der Waals surface area contributed by atoms with Crippen LogP contribution in [0.2, 0.25) is 0 Å². The molecule has 0 unspecified atom stereocenters. The van der Waals surface area contributed by atoms with Gasteiger partial charge >= 0.3 is 6.09 Å². The van der Waals surface area contributed by atoms with Crippen LogP contribution in [0, 0.1) is 0 Å². The largest absolute Gasteiger partial charge is 0.443 e. The van der Waals surface area contributed by atoms with Crippen molar-refractivity contribution in [2.45, 2.75) is 45.8 Å². The van der Waals surface area contributed by atoms with Gasteiger partial charge in [0.15, 0.2) is 5.82 Å². The van der Waals surface area contributed by atoms with Gasteiger partial charge in [-0.3, -0.25) is 4.90 Å². The fourth-order valence-electron chi connectivity index (χ4n) is 2.84. The van der Waals surface area contributed by atoms with E-state index in [1.54, 1.807) is 11.2 Å². The summed E-state index contributed by atoms with van der Waals surface area (Å²) in [6.45, 7) is 6.90. The summed E-state index contributed by atoms with van der Waals surface area (Å²) in [6.07, 6.45) is 3.29. The van der Waals surface area contributed by atoms with E-state index in [4.69, 9.17) is 4.74 Å². The van der Waals surface area contributed by atoms with Crippen LogP contribution in [0.5, 0.6) is 0 Å². The van der Waals surface area contributed by atoms with Gasteiger partial charge in [-0.05, 0) is 51.3 Å². The van der Waals surface area contributed by atoms with E-state index in [0.717, 1.165) is 30.0 Å². The van der Waals surface area contributed by atoms with E-state index < -0.39 is 5.60 Å². The van der Waals surface area contributed by atoms with Gasteiger partial charge in [-0.15, -0.1) is 10.2 Å². The number of rotatable bonds is 3. The van der Waals surface area contributed by atoms with E-state index in [9.17, 15) is 4.79 Å². The number of aryl methyl sites for hydroxylation is 2. The topological polar surface area (TPSA) is 72.3 Å². The number of hydrogen-bond acceptors (Lipinski definition) is 5. The Bertz CT molecular complexity index is 763. The predicted octanol–water partition coefficient (Wildman–Crippen LogP) is 3.11. The Morgan fingerprint density at radius 1 is 1.36 bits per heavy atom. The van der Waals surface area contributed by atoms with Gasteiger partial charge in [-0.2, -0.15) is 0 Å². The number of fused-ring (bicyclic) bond motifs is 1. The SMILES string of the molecule is Cn1cnnc1CNc1ccc2c(c1)N(C(=O)OC(C)(C)C)CCC2. The first kappa shape index (κ1) is 17.3. The average Bonchev–Trinajstić information content (AvgIpc) is 2.95. The molecule has 0 aliphatic carbocycles. The molecule has 0 radical (unpaired) electrons. The van der Waals surface area contributed by atoms with Gasteiger partial charge in [0, 0.05) is 19.3 Å². The first-order valence-electron chi connectivity index (χ1n) is 8.54. The molecule has 3 rings (SSSR count). The van der Waals surface area contributed by atoms with Crippen molar-refractivity contribution >= 4 is 17.5 Å². The molecule has 0 saturated carbocycles. The monoisotopic (exact) mass is 343 g/mol. The van der Waals surface area contributed by atoms with Gasteiger partial charge in [0.2, 0.25) is 0 Å². The van der Waals surface area contributed by atoms with Gasteiger partial charge in [0.1, 0.15) is 11.9 Å². The molecule has 1 aliphatic rings. The number of benzene rings is 1. The number of nitrogens with zero attached hydrogens (tertiary/aromatic N) is 4. The molecule has 0 fully saturated rings. The molecule has 1 aromatic heterocycles. The molecule has 134 valence electrons. The van der Waals surface area contributed by atoms with E-state index in [-0.39, 0.29) is 6.09 Å². The molecule has 0 spiro atoms. The van der Waals surface area contributed by atoms with Crippen molar-refractivity contribution in [3.8, 4) is 0 Å². The number of ether oxygens (including phenoxy) is 1. The third-order valence-electron chi connectivity index (χ3n) is 4.07. The molecule has 7 nitrogen and oxygen atoms in total. The summed E-state index contributed by atoms with van der Waals surface area (Å²) in [6, 6.07) is 6.12. The molecule has 7 heteroatoms. The minimum atomic E-state index is -0.504. The molecule has 1 N–H and O–H groups in total. The second-order valence-corrected chi connectivity index (χ2v) is 7.29. The summed E-state index contributed by atoms with van der Waals surface area (Å²) in [7, 11) is 1.91. The normalized spacial score (nSPS) is 14.2. The molecule has 1 aromatic carbocycles. The predicted molar refractivity (Wildman–Crippen MR) is 96.7 cm³/mol. The van der Waals surface area contributed by atoms with Gasteiger partial charge in [0.25, 0.3) is 0 Å². The molecule has 1 aliphatic heterocycles. The quantitative estimate of drug-likeness (QED) is 0.927. The second kappa shape index (κ2) is 6.74. The van der Waals surface area contributed by atoms with Crippen LogP contribution < -0.4 is 10.2 Å². The van der Waals surface area contributed by atoms with Crippen molar-refractivity contribution < 1.29 is 9.53 Å². The maximum absolute atomic E-state index is 12.5. The van der Waals surface area contributed by atoms with Gasteiger partial charge < -0.3 is 14.6 Å². The lowest BCUT2D eigenvalue weighted by Gasteiger charge is -2.32. The van der Waals surface area contributed by atoms with Crippen molar-refractivity contribution in [2.24, 2.45) is 7.05 Å². The van der Waals surface area contributed by atoms with Crippen LogP contribution in [0.15, 0.2) is 24.5 Å². The lowest BCUT2D eigenvalue weighted by Crippen LogP contribution is -2.39. The summed E-state index contributed by atoms with van der Waals surface area (Å²) in [5.41, 5.74) is 2.53. The zero-order valence-electron chi connectivity index (χ0n) is 15.2. The molecule has 0 atom stereocenters. The van der Waals surface area contributed by atoms with Crippen molar-refractivity contribution in [3.05, 3.63) is 35.9 Å². The molecular formula is C18H25N5O2. The smallest absolute Gasteiger partial charge is 0.414 e. The Hall–Kier alpha value is -2.57. The van der Waals surface area contributed by atoms with Gasteiger partial charge in [-0.1, -0.05) is 6.07 Å². The molecule has 1 amide bonds. The minimum Gasteiger partial charge on any atom is -0.443 e. The highest BCUT2D eigenvalue weighted by molar-refractivity contribution is 5.90. The third-order valence-corrected chi connectivity index (χ3v) is 4.07. The highest BCUT2D eigenvalue weighted by Crippen LogP contribution is 2.31. The maximum atomic E-state index is 12.5. The Morgan fingerprint density at radius 2 is 2.16 bits per heavy atom. The summed E-state index contributed by atoms with van der Waals surface area (Å²) in [5, 5.41) is 11.3. The Kier molecular flexibility index (Phi) is 4.65. The lowest BCUT2D eigenvalue weighted by molar-refractivity contribution is 0.0578. The van der Waals surface area contributed by atoms with Crippen molar-refractivity contribution in [3.63, 3.8) is 0 Å². The number of nitrogens with one attached hydrogen (secondary N) is 1. The van der Waals surface area contributed by atoms with Crippen molar-refractivity contribution in [2.75, 3.05) is 16.8 Å². The molecule has 25 heavy (non-hydrogen) atoms. The molecule has 0 bridgehead atoms. The standard InChI is InChI=1S/C18H25N5O2/c1-18(2,3)25-17(24)23-9-5-6-13-7-8-14(10-15(13)23)19-11-16-21-20-12-22(16)4/h7-8,10,12,19H,5-6,9,11H2,1-4H3. The number of aromatic nitrogens is 3. The number of anilines is 2. The average molecular weight is 343 g/mol. The summed E-state index contributed by atoms with van der Waals surface area (Å²) in [4.78, 5) is 14.3. The highest BCUT2D eigenvalue weighted by atomic mass is 16.6. The first-order valence-corrected chi connectivity index (χ1v) is 8.54. The fraction of sp³-hybridized carbons (Fsp3) is 0.500. The molecular weight excluding hydrogens is 318 g/mol. The van der Waals surface area contributed by atoms with E-state index in [1.807, 2.05) is 44.5 Å².